The molecule has 1 aromatic heterocycles. The van der Waals surface area contributed by atoms with Crippen LogP contribution in [0.5, 0.6) is 0 Å². The lowest BCUT2D eigenvalue weighted by atomic mass is 10.2. The molecule has 0 unspecified atom stereocenters. The molecule has 2 rings (SSSR count). The molecule has 0 bridgehead atoms. The lowest BCUT2D eigenvalue weighted by Crippen LogP contribution is -2.18. The molecule has 0 atom stereocenters. The van der Waals surface area contributed by atoms with Gasteiger partial charge in [-0.2, -0.15) is 0 Å². The van der Waals surface area contributed by atoms with Gasteiger partial charge in [-0.25, -0.2) is 0 Å². The number of aromatic nitrogens is 1. The highest BCUT2D eigenvalue weighted by Crippen LogP contribution is 2.33. The molecule has 2 aromatic rings. The molecule has 0 saturated heterocycles. The van der Waals surface area contributed by atoms with Crippen LogP contribution in [0.25, 0.3) is 0 Å². The second-order valence-corrected chi connectivity index (χ2v) is 5.74. The first kappa shape index (κ1) is 15.3. The zero-order valence-corrected chi connectivity index (χ0v) is 12.9. The molecule has 0 aliphatic heterocycles. The molecule has 1 N–H and O–H groups in total. The maximum Gasteiger partial charge on any atom is 0.0587 e. The Labute approximate surface area is 128 Å². The average Bonchev–Trinajstić information content (AvgIpc) is 2.47. The molecular weight excluding hydrogens is 292 g/mol. The zero-order chi connectivity index (χ0) is 14.2. The fourth-order valence-electron chi connectivity index (χ4n) is 1.68. The summed E-state index contributed by atoms with van der Waals surface area (Å²) in [6.45, 7) is 2.34. The Morgan fingerprint density at radius 1 is 1.25 bits per heavy atom. The zero-order valence-electron chi connectivity index (χ0n) is 11.3. The van der Waals surface area contributed by atoms with Gasteiger partial charge in [0.2, 0.25) is 0 Å². The largest absolute Gasteiger partial charge is 0.383 e. The molecule has 1 heterocycles. The number of pyridine rings is 1. The SMILES string of the molecule is COCCNCc1ccc(Sc2ccncc2)c(Cl)c1. The van der Waals surface area contributed by atoms with Gasteiger partial charge in [-0.15, -0.1) is 0 Å². The first-order valence-corrected chi connectivity index (χ1v) is 7.55. The third kappa shape index (κ3) is 4.80. The normalized spacial score (nSPS) is 10.7. The van der Waals surface area contributed by atoms with Crippen molar-refractivity contribution in [2.24, 2.45) is 0 Å². The Morgan fingerprint density at radius 3 is 2.75 bits per heavy atom. The van der Waals surface area contributed by atoms with Crippen LogP contribution in [0.1, 0.15) is 5.56 Å². The number of methoxy groups -OCH3 is 1. The number of ether oxygens (including phenoxy) is 1. The highest BCUT2D eigenvalue weighted by molar-refractivity contribution is 7.99. The van der Waals surface area contributed by atoms with Gasteiger partial charge in [0.25, 0.3) is 0 Å². The van der Waals surface area contributed by atoms with Crippen molar-refractivity contribution < 1.29 is 4.74 Å². The van der Waals surface area contributed by atoms with E-state index in [0.29, 0.717) is 6.61 Å². The quantitative estimate of drug-likeness (QED) is 0.792. The number of rotatable bonds is 7. The van der Waals surface area contributed by atoms with Crippen LogP contribution < -0.4 is 5.32 Å². The summed E-state index contributed by atoms with van der Waals surface area (Å²) in [6.07, 6.45) is 3.56. The summed E-state index contributed by atoms with van der Waals surface area (Å²) in [6, 6.07) is 10.1. The van der Waals surface area contributed by atoms with Crippen LogP contribution in [0.2, 0.25) is 5.02 Å². The van der Waals surface area contributed by atoms with Crippen molar-refractivity contribution in [3.8, 4) is 0 Å². The molecule has 1 aromatic carbocycles. The summed E-state index contributed by atoms with van der Waals surface area (Å²) in [4.78, 5) is 6.19. The highest BCUT2D eigenvalue weighted by Gasteiger charge is 2.04. The number of nitrogens with one attached hydrogen (secondary N) is 1. The van der Waals surface area contributed by atoms with Crippen LogP contribution in [0.4, 0.5) is 0 Å². The maximum atomic E-state index is 6.33. The Balaban J connectivity index is 1.95. The van der Waals surface area contributed by atoms with E-state index in [1.165, 1.54) is 5.56 Å². The minimum absolute atomic E-state index is 0.712. The van der Waals surface area contributed by atoms with Gasteiger partial charge in [0, 0.05) is 42.4 Å². The molecule has 0 radical (unpaired) electrons. The first-order chi connectivity index (χ1) is 9.79. The third-order valence-electron chi connectivity index (χ3n) is 2.69. The molecule has 0 fully saturated rings. The second kappa shape index (κ2) is 8.27. The second-order valence-electron chi connectivity index (χ2n) is 4.22. The van der Waals surface area contributed by atoms with E-state index in [0.717, 1.165) is 27.9 Å². The van der Waals surface area contributed by atoms with Crippen LogP contribution in [0.3, 0.4) is 0 Å². The molecule has 106 valence electrons. The van der Waals surface area contributed by atoms with E-state index in [-0.39, 0.29) is 0 Å². The summed E-state index contributed by atoms with van der Waals surface area (Å²) < 4.78 is 4.99. The van der Waals surface area contributed by atoms with Gasteiger partial charge in [0.15, 0.2) is 0 Å². The van der Waals surface area contributed by atoms with Gasteiger partial charge in [-0.3, -0.25) is 4.98 Å². The van der Waals surface area contributed by atoms with E-state index >= 15 is 0 Å². The van der Waals surface area contributed by atoms with Crippen LogP contribution in [-0.2, 0) is 11.3 Å². The molecule has 0 aliphatic carbocycles. The summed E-state index contributed by atoms with van der Waals surface area (Å²) in [5.74, 6) is 0. The molecule has 0 saturated carbocycles. The molecule has 0 spiro atoms. The van der Waals surface area contributed by atoms with E-state index in [2.05, 4.69) is 22.4 Å². The topological polar surface area (TPSA) is 34.1 Å². The minimum atomic E-state index is 0.712. The molecule has 3 nitrogen and oxygen atoms in total. The summed E-state index contributed by atoms with van der Waals surface area (Å²) >= 11 is 7.97. The lowest BCUT2D eigenvalue weighted by molar-refractivity contribution is 0.199. The number of nitrogens with zero attached hydrogens (tertiary/aromatic N) is 1. The standard InChI is InChI=1S/C15H17ClN2OS/c1-19-9-8-18-11-12-2-3-15(14(16)10-12)20-13-4-6-17-7-5-13/h2-7,10,18H,8-9,11H2,1H3. The Bertz CT molecular complexity index is 537. The monoisotopic (exact) mass is 308 g/mol. The van der Waals surface area contributed by atoms with Crippen LogP contribution in [0, 0.1) is 0 Å². The molecule has 0 aliphatic rings. The smallest absolute Gasteiger partial charge is 0.0587 e. The van der Waals surface area contributed by atoms with Gasteiger partial charge < -0.3 is 10.1 Å². The van der Waals surface area contributed by atoms with E-state index in [1.54, 1.807) is 31.3 Å². The maximum absolute atomic E-state index is 6.33. The predicted octanol–water partition coefficient (Wildman–Crippen LogP) is 3.62. The minimum Gasteiger partial charge on any atom is -0.383 e. The Morgan fingerprint density at radius 2 is 2.05 bits per heavy atom. The lowest BCUT2D eigenvalue weighted by Gasteiger charge is -2.08. The van der Waals surface area contributed by atoms with E-state index in [1.807, 2.05) is 18.2 Å². The Kier molecular flexibility index (Phi) is 6.33. The fourth-order valence-corrected chi connectivity index (χ4v) is 2.80. The van der Waals surface area contributed by atoms with E-state index < -0.39 is 0 Å². The van der Waals surface area contributed by atoms with Crippen molar-refractivity contribution >= 4 is 23.4 Å². The van der Waals surface area contributed by atoms with Crippen LogP contribution in [-0.4, -0.2) is 25.2 Å². The summed E-state index contributed by atoms with van der Waals surface area (Å²) in [5.41, 5.74) is 1.17. The van der Waals surface area contributed by atoms with E-state index in [9.17, 15) is 0 Å². The van der Waals surface area contributed by atoms with Crippen molar-refractivity contribution in [2.75, 3.05) is 20.3 Å². The first-order valence-electron chi connectivity index (χ1n) is 6.35. The number of halogens is 1. The van der Waals surface area contributed by atoms with Crippen molar-refractivity contribution in [3.63, 3.8) is 0 Å². The van der Waals surface area contributed by atoms with Crippen molar-refractivity contribution in [2.45, 2.75) is 16.3 Å². The average molecular weight is 309 g/mol. The number of hydrogen-bond acceptors (Lipinski definition) is 4. The number of benzene rings is 1. The van der Waals surface area contributed by atoms with Gasteiger partial charge in [-0.05, 0) is 29.8 Å². The third-order valence-corrected chi connectivity index (χ3v) is 4.19. The van der Waals surface area contributed by atoms with Crippen LogP contribution >= 0.6 is 23.4 Å². The van der Waals surface area contributed by atoms with Gasteiger partial charge in [-0.1, -0.05) is 29.4 Å². The molecule has 5 heteroatoms. The van der Waals surface area contributed by atoms with Gasteiger partial charge in [0.05, 0.1) is 11.6 Å². The fraction of sp³-hybridized carbons (Fsp3) is 0.267. The predicted molar refractivity (Wildman–Crippen MR) is 83.4 cm³/mol. The Hall–Kier alpha value is -1.07. The van der Waals surface area contributed by atoms with Gasteiger partial charge in [0.1, 0.15) is 0 Å². The van der Waals surface area contributed by atoms with Crippen molar-refractivity contribution in [3.05, 3.63) is 53.3 Å². The molecular formula is C15H17ClN2OS. The molecule has 20 heavy (non-hydrogen) atoms. The van der Waals surface area contributed by atoms with Gasteiger partial charge >= 0.3 is 0 Å². The van der Waals surface area contributed by atoms with Crippen LogP contribution in [0.15, 0.2) is 52.5 Å². The van der Waals surface area contributed by atoms with Crippen molar-refractivity contribution in [1.82, 2.24) is 10.3 Å². The number of hydrogen-bond donors (Lipinski definition) is 1. The molecule has 0 amide bonds. The summed E-state index contributed by atoms with van der Waals surface area (Å²) in [7, 11) is 1.70. The highest BCUT2D eigenvalue weighted by atomic mass is 35.5. The summed E-state index contributed by atoms with van der Waals surface area (Å²) in [5, 5.41) is 4.08. The van der Waals surface area contributed by atoms with Crippen molar-refractivity contribution in [1.29, 1.82) is 0 Å². The van der Waals surface area contributed by atoms with E-state index in [4.69, 9.17) is 16.3 Å².